The molecule has 8 nitrogen and oxygen atoms in total. The summed E-state index contributed by atoms with van der Waals surface area (Å²) in [6.45, 7) is 3.85. The summed E-state index contributed by atoms with van der Waals surface area (Å²) in [6, 6.07) is 3.73. The van der Waals surface area contributed by atoms with E-state index in [9.17, 15) is 0 Å². The number of rotatable bonds is 4. The standard InChI is InChI=1S/C13H15N7O/c1-8-3-4-10(21-8)9(2)16-12-17-11(14)18-13(19-12)20-6-5-15-7-20/h3-7,9H,1-2H3,(H3,14,16,17,18,19). The Morgan fingerprint density at radius 2 is 2.14 bits per heavy atom. The van der Waals surface area contributed by atoms with E-state index in [4.69, 9.17) is 10.2 Å². The molecule has 3 N–H and O–H groups in total. The molecule has 0 bridgehead atoms. The van der Waals surface area contributed by atoms with Crippen LogP contribution in [0.4, 0.5) is 11.9 Å². The number of nitrogens with two attached hydrogens (primary N) is 1. The van der Waals surface area contributed by atoms with E-state index in [1.807, 2.05) is 26.0 Å². The maximum absolute atomic E-state index is 5.72. The molecule has 3 heterocycles. The molecule has 0 radical (unpaired) electrons. The van der Waals surface area contributed by atoms with Crippen LogP contribution in [0, 0.1) is 6.92 Å². The van der Waals surface area contributed by atoms with Gasteiger partial charge in [-0.05, 0) is 26.0 Å². The third-order valence-electron chi connectivity index (χ3n) is 2.91. The fourth-order valence-corrected chi connectivity index (χ4v) is 1.89. The van der Waals surface area contributed by atoms with Crippen LogP contribution in [0.5, 0.6) is 0 Å². The molecule has 8 heteroatoms. The molecule has 0 fully saturated rings. The highest BCUT2D eigenvalue weighted by atomic mass is 16.3. The van der Waals surface area contributed by atoms with Gasteiger partial charge in [-0.15, -0.1) is 0 Å². The Labute approximate surface area is 121 Å². The number of nitrogen functional groups attached to an aromatic ring is 1. The SMILES string of the molecule is Cc1ccc(C(C)Nc2nc(N)nc(-n3ccnc3)n2)o1. The summed E-state index contributed by atoms with van der Waals surface area (Å²) in [5, 5.41) is 3.14. The van der Waals surface area contributed by atoms with Crippen molar-refractivity contribution in [1.82, 2.24) is 24.5 Å². The third-order valence-corrected chi connectivity index (χ3v) is 2.91. The molecule has 1 atom stereocenters. The van der Waals surface area contributed by atoms with Crippen LogP contribution in [0.3, 0.4) is 0 Å². The van der Waals surface area contributed by atoms with Crippen molar-refractivity contribution in [3.63, 3.8) is 0 Å². The van der Waals surface area contributed by atoms with Crippen molar-refractivity contribution < 1.29 is 4.42 Å². The van der Waals surface area contributed by atoms with Gasteiger partial charge in [-0.3, -0.25) is 4.57 Å². The lowest BCUT2D eigenvalue weighted by Crippen LogP contribution is -2.13. The molecule has 3 rings (SSSR count). The summed E-state index contributed by atoms with van der Waals surface area (Å²) in [5.74, 6) is 2.58. The van der Waals surface area contributed by atoms with Crippen LogP contribution in [0.1, 0.15) is 24.5 Å². The van der Waals surface area contributed by atoms with Gasteiger partial charge in [-0.25, -0.2) is 4.98 Å². The lowest BCUT2D eigenvalue weighted by Gasteiger charge is -2.12. The summed E-state index contributed by atoms with van der Waals surface area (Å²) in [4.78, 5) is 16.4. The van der Waals surface area contributed by atoms with E-state index in [1.54, 1.807) is 23.3 Å². The van der Waals surface area contributed by atoms with Crippen LogP contribution >= 0.6 is 0 Å². The zero-order chi connectivity index (χ0) is 14.8. The number of aromatic nitrogens is 5. The smallest absolute Gasteiger partial charge is 0.241 e. The van der Waals surface area contributed by atoms with Crippen molar-refractivity contribution in [2.24, 2.45) is 0 Å². The predicted molar refractivity (Wildman–Crippen MR) is 76.8 cm³/mol. The monoisotopic (exact) mass is 285 g/mol. The molecule has 0 aliphatic rings. The van der Waals surface area contributed by atoms with E-state index < -0.39 is 0 Å². The molecular formula is C13H15N7O. The van der Waals surface area contributed by atoms with Crippen molar-refractivity contribution in [1.29, 1.82) is 0 Å². The van der Waals surface area contributed by atoms with Crippen LogP contribution in [0.15, 0.2) is 35.3 Å². The first-order valence-electron chi connectivity index (χ1n) is 6.44. The van der Waals surface area contributed by atoms with Crippen molar-refractivity contribution in [2.75, 3.05) is 11.1 Å². The summed E-state index contributed by atoms with van der Waals surface area (Å²) < 4.78 is 7.23. The number of hydrogen-bond donors (Lipinski definition) is 2. The van der Waals surface area contributed by atoms with Crippen molar-refractivity contribution in [3.8, 4) is 5.95 Å². The Morgan fingerprint density at radius 1 is 1.29 bits per heavy atom. The van der Waals surface area contributed by atoms with E-state index in [1.165, 1.54) is 0 Å². The van der Waals surface area contributed by atoms with Crippen LogP contribution in [0.2, 0.25) is 0 Å². The average Bonchev–Trinajstić information content (AvgIpc) is 3.08. The third kappa shape index (κ3) is 2.83. The zero-order valence-electron chi connectivity index (χ0n) is 11.7. The second-order valence-corrected chi connectivity index (χ2v) is 4.60. The lowest BCUT2D eigenvalue weighted by molar-refractivity contribution is 0.466. The molecule has 0 amide bonds. The maximum atomic E-state index is 5.72. The highest BCUT2D eigenvalue weighted by Crippen LogP contribution is 2.19. The number of aryl methyl sites for hydroxylation is 1. The lowest BCUT2D eigenvalue weighted by atomic mass is 10.2. The minimum absolute atomic E-state index is 0.0869. The van der Waals surface area contributed by atoms with E-state index in [0.29, 0.717) is 11.9 Å². The molecule has 21 heavy (non-hydrogen) atoms. The first-order valence-corrected chi connectivity index (χ1v) is 6.44. The first kappa shape index (κ1) is 13.1. The second-order valence-electron chi connectivity index (χ2n) is 4.60. The fourth-order valence-electron chi connectivity index (χ4n) is 1.89. The van der Waals surface area contributed by atoms with Crippen LogP contribution in [0.25, 0.3) is 5.95 Å². The van der Waals surface area contributed by atoms with Gasteiger partial charge in [0.05, 0.1) is 6.04 Å². The highest BCUT2D eigenvalue weighted by Gasteiger charge is 2.13. The van der Waals surface area contributed by atoms with Gasteiger partial charge in [-0.2, -0.15) is 15.0 Å². The molecule has 0 aromatic carbocycles. The zero-order valence-corrected chi connectivity index (χ0v) is 11.7. The molecule has 0 aliphatic carbocycles. The van der Waals surface area contributed by atoms with Gasteiger partial charge in [0, 0.05) is 12.4 Å². The average molecular weight is 285 g/mol. The van der Waals surface area contributed by atoms with Gasteiger partial charge in [0.2, 0.25) is 17.8 Å². The van der Waals surface area contributed by atoms with Gasteiger partial charge in [0.15, 0.2) is 0 Å². The largest absolute Gasteiger partial charge is 0.464 e. The second kappa shape index (κ2) is 5.23. The number of furan rings is 1. The molecule has 3 aromatic heterocycles. The molecule has 0 saturated carbocycles. The molecule has 108 valence electrons. The highest BCUT2D eigenvalue weighted by molar-refractivity contribution is 5.36. The Kier molecular flexibility index (Phi) is 3.27. The van der Waals surface area contributed by atoms with E-state index in [0.717, 1.165) is 11.5 Å². The maximum Gasteiger partial charge on any atom is 0.241 e. The number of imidazole rings is 1. The summed E-state index contributed by atoms with van der Waals surface area (Å²) >= 11 is 0. The summed E-state index contributed by atoms with van der Waals surface area (Å²) in [5.41, 5.74) is 5.72. The van der Waals surface area contributed by atoms with E-state index in [-0.39, 0.29) is 12.0 Å². The first-order chi connectivity index (χ1) is 10.1. The van der Waals surface area contributed by atoms with Crippen LogP contribution in [-0.2, 0) is 0 Å². The molecule has 0 spiro atoms. The van der Waals surface area contributed by atoms with Gasteiger partial charge < -0.3 is 15.5 Å². The molecule has 3 aromatic rings. The molecule has 0 saturated heterocycles. The topological polar surface area (TPSA) is 108 Å². The van der Waals surface area contributed by atoms with E-state index in [2.05, 4.69) is 25.3 Å². The molecule has 1 unspecified atom stereocenters. The predicted octanol–water partition coefficient (Wildman–Crippen LogP) is 1.71. The van der Waals surface area contributed by atoms with Crippen molar-refractivity contribution in [3.05, 3.63) is 42.4 Å². The van der Waals surface area contributed by atoms with E-state index >= 15 is 0 Å². The van der Waals surface area contributed by atoms with Gasteiger partial charge in [0.1, 0.15) is 17.8 Å². The normalized spacial score (nSPS) is 12.3. The minimum atomic E-state index is -0.0869. The van der Waals surface area contributed by atoms with Gasteiger partial charge in [-0.1, -0.05) is 0 Å². The summed E-state index contributed by atoms with van der Waals surface area (Å²) in [7, 11) is 0. The van der Waals surface area contributed by atoms with Crippen LogP contribution < -0.4 is 11.1 Å². The Balaban J connectivity index is 1.85. The van der Waals surface area contributed by atoms with Gasteiger partial charge >= 0.3 is 0 Å². The number of hydrogen-bond acceptors (Lipinski definition) is 7. The Bertz CT molecular complexity index is 735. The van der Waals surface area contributed by atoms with Crippen LogP contribution in [-0.4, -0.2) is 24.5 Å². The number of nitrogens with one attached hydrogen (secondary N) is 1. The quantitative estimate of drug-likeness (QED) is 0.751. The van der Waals surface area contributed by atoms with Crippen molar-refractivity contribution >= 4 is 11.9 Å². The Morgan fingerprint density at radius 3 is 2.81 bits per heavy atom. The minimum Gasteiger partial charge on any atom is -0.464 e. The number of nitrogens with zero attached hydrogens (tertiary/aromatic N) is 5. The van der Waals surface area contributed by atoms with Crippen molar-refractivity contribution in [2.45, 2.75) is 19.9 Å². The molecule has 0 aliphatic heterocycles. The Hall–Kier alpha value is -2.90. The summed E-state index contributed by atoms with van der Waals surface area (Å²) in [6.07, 6.45) is 4.97. The number of anilines is 2. The fraction of sp³-hybridized carbons (Fsp3) is 0.231. The van der Waals surface area contributed by atoms with Gasteiger partial charge in [0.25, 0.3) is 0 Å². The molecular weight excluding hydrogens is 270 g/mol.